The highest BCUT2D eigenvalue weighted by atomic mass is 16.2. The second kappa shape index (κ2) is 5.98. The van der Waals surface area contributed by atoms with E-state index in [0.29, 0.717) is 11.1 Å². The predicted molar refractivity (Wildman–Crippen MR) is 85.0 cm³/mol. The Hall–Kier alpha value is -3.44. The number of benzene rings is 2. The average Bonchev–Trinajstić information content (AvgIpc) is 2.62. The monoisotopic (exact) mass is 315 g/mol. The van der Waals surface area contributed by atoms with Crippen LogP contribution < -0.4 is 5.32 Å². The van der Waals surface area contributed by atoms with Gasteiger partial charge in [0.15, 0.2) is 0 Å². The van der Waals surface area contributed by atoms with Crippen LogP contribution >= 0.6 is 0 Å². The van der Waals surface area contributed by atoms with Crippen molar-refractivity contribution in [2.24, 2.45) is 11.8 Å². The Kier molecular flexibility index (Phi) is 3.85. The Morgan fingerprint density at radius 2 is 1.12 bits per heavy atom. The molecule has 1 N–H and O–H groups in total. The number of hydrogen-bond acceptors (Lipinski definition) is 4. The van der Waals surface area contributed by atoms with Gasteiger partial charge in [0, 0.05) is 0 Å². The zero-order chi connectivity index (χ0) is 17.2. The first-order chi connectivity index (χ1) is 11.7. The molecule has 0 saturated carbocycles. The van der Waals surface area contributed by atoms with Gasteiger partial charge in [-0.1, -0.05) is 60.7 Å². The lowest BCUT2D eigenvalue weighted by molar-refractivity contribution is -0.140. The molecule has 0 aromatic heterocycles. The molecule has 24 heavy (non-hydrogen) atoms. The summed E-state index contributed by atoms with van der Waals surface area (Å²) >= 11 is 0. The smallest absolute Gasteiger partial charge is 0.245 e. The van der Waals surface area contributed by atoms with Gasteiger partial charge in [-0.3, -0.25) is 14.9 Å². The van der Waals surface area contributed by atoms with Gasteiger partial charge >= 0.3 is 0 Å². The quantitative estimate of drug-likeness (QED) is 0.857. The van der Waals surface area contributed by atoms with Crippen molar-refractivity contribution < 1.29 is 9.59 Å². The van der Waals surface area contributed by atoms with Crippen molar-refractivity contribution in [2.45, 2.75) is 5.41 Å². The van der Waals surface area contributed by atoms with Crippen LogP contribution in [0.1, 0.15) is 11.1 Å². The molecule has 5 heteroatoms. The molecular weight excluding hydrogens is 302 g/mol. The fourth-order valence-corrected chi connectivity index (χ4v) is 3.43. The van der Waals surface area contributed by atoms with Crippen LogP contribution in [0.2, 0.25) is 0 Å². The van der Waals surface area contributed by atoms with Gasteiger partial charge in [0.25, 0.3) is 0 Å². The number of imide groups is 1. The first-order valence-electron chi connectivity index (χ1n) is 7.41. The Morgan fingerprint density at radius 1 is 0.750 bits per heavy atom. The van der Waals surface area contributed by atoms with Gasteiger partial charge in [-0.15, -0.1) is 0 Å². The highest BCUT2D eigenvalue weighted by molar-refractivity contribution is 6.05. The lowest BCUT2D eigenvalue weighted by Crippen LogP contribution is -2.60. The van der Waals surface area contributed by atoms with E-state index in [1.54, 1.807) is 60.7 Å². The normalized spacial score (nSPS) is 22.1. The minimum Gasteiger partial charge on any atom is -0.294 e. The van der Waals surface area contributed by atoms with Crippen LogP contribution in [0, 0.1) is 34.5 Å². The van der Waals surface area contributed by atoms with Crippen LogP contribution in [-0.2, 0) is 15.0 Å². The molecule has 1 saturated heterocycles. The molecule has 1 aliphatic heterocycles. The molecule has 2 aromatic carbocycles. The molecule has 0 spiro atoms. The third-order valence-corrected chi connectivity index (χ3v) is 4.44. The molecule has 2 aromatic rings. The van der Waals surface area contributed by atoms with E-state index in [9.17, 15) is 20.1 Å². The standard InChI is InChI=1S/C19H13N3O2/c20-11-15-17(23)22-18(24)16(12-21)19(15,13-7-3-1-4-8-13)14-9-5-2-6-10-14/h1-10,15-16H,(H,22,23,24)/t15-,16-/m1/s1. The van der Waals surface area contributed by atoms with Gasteiger partial charge in [-0.25, -0.2) is 0 Å². The second-order valence-corrected chi connectivity index (χ2v) is 5.58. The van der Waals surface area contributed by atoms with Crippen LogP contribution in [0.3, 0.4) is 0 Å². The van der Waals surface area contributed by atoms with Crippen LogP contribution in [-0.4, -0.2) is 11.8 Å². The minimum absolute atomic E-state index is 0.595. The number of amides is 2. The molecule has 0 unspecified atom stereocenters. The number of nitrogens with zero attached hydrogens (tertiary/aromatic N) is 2. The summed E-state index contributed by atoms with van der Waals surface area (Å²) in [5, 5.41) is 21.5. The SMILES string of the molecule is N#C[C@@H]1C(=O)NC(=O)[C@@H](C#N)C1(c1ccccc1)c1ccccc1. The van der Waals surface area contributed by atoms with E-state index in [1.165, 1.54) is 0 Å². The molecule has 1 heterocycles. The molecule has 2 amide bonds. The van der Waals surface area contributed by atoms with Crippen LogP contribution in [0.25, 0.3) is 0 Å². The van der Waals surface area contributed by atoms with E-state index >= 15 is 0 Å². The van der Waals surface area contributed by atoms with Gasteiger partial charge in [0.2, 0.25) is 11.8 Å². The summed E-state index contributed by atoms with van der Waals surface area (Å²) in [5.41, 5.74) is -0.152. The van der Waals surface area contributed by atoms with Crippen molar-refractivity contribution >= 4 is 11.8 Å². The van der Waals surface area contributed by atoms with E-state index in [4.69, 9.17) is 0 Å². The van der Waals surface area contributed by atoms with Crippen LogP contribution in [0.4, 0.5) is 0 Å². The molecule has 0 aliphatic carbocycles. The van der Waals surface area contributed by atoms with Crippen molar-refractivity contribution in [1.29, 1.82) is 10.5 Å². The Balaban J connectivity index is 2.42. The Bertz CT molecular complexity index is 789. The maximum Gasteiger partial charge on any atom is 0.245 e. The molecule has 0 radical (unpaired) electrons. The molecule has 2 atom stereocenters. The number of nitrogens with one attached hydrogen (secondary N) is 1. The molecule has 1 fully saturated rings. The zero-order valence-corrected chi connectivity index (χ0v) is 12.6. The largest absolute Gasteiger partial charge is 0.294 e. The Labute approximate surface area is 139 Å². The van der Waals surface area contributed by atoms with Gasteiger partial charge in [0.05, 0.1) is 17.6 Å². The highest BCUT2D eigenvalue weighted by Crippen LogP contribution is 2.47. The summed E-state index contributed by atoms with van der Waals surface area (Å²) in [5.74, 6) is -3.74. The third kappa shape index (κ3) is 2.07. The summed E-state index contributed by atoms with van der Waals surface area (Å²) < 4.78 is 0. The van der Waals surface area contributed by atoms with Crippen LogP contribution in [0.5, 0.6) is 0 Å². The number of rotatable bonds is 2. The minimum atomic E-state index is -1.34. The third-order valence-electron chi connectivity index (χ3n) is 4.44. The maximum absolute atomic E-state index is 12.4. The number of carbonyl (C=O) groups excluding carboxylic acids is 2. The lowest BCUT2D eigenvalue weighted by atomic mass is 9.57. The molecule has 5 nitrogen and oxygen atoms in total. The number of piperidine rings is 1. The van der Waals surface area contributed by atoms with E-state index in [-0.39, 0.29) is 0 Å². The molecule has 1 aliphatic rings. The van der Waals surface area contributed by atoms with Gasteiger partial charge in [0.1, 0.15) is 11.8 Å². The summed E-state index contributed by atoms with van der Waals surface area (Å²) in [6.45, 7) is 0. The summed E-state index contributed by atoms with van der Waals surface area (Å²) in [4.78, 5) is 24.8. The van der Waals surface area contributed by atoms with Gasteiger partial charge in [-0.2, -0.15) is 10.5 Å². The maximum atomic E-state index is 12.4. The summed E-state index contributed by atoms with van der Waals surface area (Å²) in [7, 11) is 0. The first kappa shape index (κ1) is 15.5. The van der Waals surface area contributed by atoms with Crippen molar-refractivity contribution in [3.8, 4) is 12.1 Å². The summed E-state index contributed by atoms with van der Waals surface area (Å²) in [6, 6.07) is 21.7. The predicted octanol–water partition coefficient (Wildman–Crippen LogP) is 1.91. The fraction of sp³-hybridized carbons (Fsp3) is 0.158. The second-order valence-electron chi connectivity index (χ2n) is 5.58. The molecule has 0 bridgehead atoms. The van der Waals surface area contributed by atoms with Crippen LogP contribution in [0.15, 0.2) is 60.7 Å². The fourth-order valence-electron chi connectivity index (χ4n) is 3.43. The highest BCUT2D eigenvalue weighted by Gasteiger charge is 2.58. The number of carbonyl (C=O) groups is 2. The van der Waals surface area contributed by atoms with Crippen molar-refractivity contribution in [3.05, 3.63) is 71.8 Å². The van der Waals surface area contributed by atoms with Crippen molar-refractivity contribution in [1.82, 2.24) is 5.32 Å². The molecule has 116 valence electrons. The first-order valence-corrected chi connectivity index (χ1v) is 7.41. The zero-order valence-electron chi connectivity index (χ0n) is 12.6. The molecular formula is C19H13N3O2. The Morgan fingerprint density at radius 3 is 1.46 bits per heavy atom. The van der Waals surface area contributed by atoms with E-state index in [2.05, 4.69) is 5.32 Å². The van der Waals surface area contributed by atoms with E-state index in [1.807, 2.05) is 12.1 Å². The van der Waals surface area contributed by atoms with Gasteiger partial charge < -0.3 is 0 Å². The summed E-state index contributed by atoms with van der Waals surface area (Å²) in [6.07, 6.45) is 0. The molecule has 3 rings (SSSR count). The average molecular weight is 315 g/mol. The number of nitriles is 2. The topological polar surface area (TPSA) is 93.8 Å². The van der Waals surface area contributed by atoms with Gasteiger partial charge in [-0.05, 0) is 11.1 Å². The van der Waals surface area contributed by atoms with E-state index in [0.717, 1.165) is 0 Å². The van der Waals surface area contributed by atoms with Crippen molar-refractivity contribution in [3.63, 3.8) is 0 Å². The van der Waals surface area contributed by atoms with E-state index < -0.39 is 29.1 Å². The van der Waals surface area contributed by atoms with Crippen molar-refractivity contribution in [2.75, 3.05) is 0 Å². The number of hydrogen-bond donors (Lipinski definition) is 1. The lowest BCUT2D eigenvalue weighted by Gasteiger charge is -2.43.